The lowest BCUT2D eigenvalue weighted by atomic mass is 9.96. The van der Waals surface area contributed by atoms with E-state index in [4.69, 9.17) is 0 Å². The molecule has 0 radical (unpaired) electrons. The predicted molar refractivity (Wildman–Crippen MR) is 100 cm³/mol. The zero-order valence-corrected chi connectivity index (χ0v) is 14.5. The van der Waals surface area contributed by atoms with Crippen molar-refractivity contribution in [2.45, 2.75) is 19.3 Å². The molecule has 0 aliphatic heterocycles. The van der Waals surface area contributed by atoms with Crippen LogP contribution in [0.3, 0.4) is 0 Å². The normalized spacial score (nSPS) is 11.1. The van der Waals surface area contributed by atoms with Crippen molar-refractivity contribution in [2.24, 2.45) is 0 Å². The highest BCUT2D eigenvalue weighted by atomic mass is 16.1. The maximum atomic E-state index is 12.3. The summed E-state index contributed by atoms with van der Waals surface area (Å²) in [6.45, 7) is 2.38. The van der Waals surface area contributed by atoms with Gasteiger partial charge in [-0.15, -0.1) is 0 Å². The first kappa shape index (κ1) is 17.6. The largest absolute Gasteiger partial charge is 0.378 e. The summed E-state index contributed by atoms with van der Waals surface area (Å²) in [7, 11) is 4.01. The third-order valence-electron chi connectivity index (χ3n) is 3.89. The van der Waals surface area contributed by atoms with Gasteiger partial charge in [0, 0.05) is 25.3 Å². The number of carbonyl (C=O) groups excluding carboxylic acids is 1. The maximum absolute atomic E-state index is 12.3. The average molecular weight is 320 g/mol. The molecule has 0 saturated heterocycles. The molecule has 0 spiro atoms. The molecule has 0 heterocycles. The molecule has 24 heavy (non-hydrogen) atoms. The number of hydrogen-bond acceptors (Lipinski definition) is 2. The molecule has 124 valence electrons. The van der Waals surface area contributed by atoms with Gasteiger partial charge in [0.05, 0.1) is 12.5 Å². The van der Waals surface area contributed by atoms with E-state index >= 15 is 0 Å². The van der Waals surface area contributed by atoms with Crippen LogP contribution >= 0.6 is 0 Å². The topological polar surface area (TPSA) is 32.3 Å². The molecule has 3 nitrogen and oxygen atoms in total. The van der Waals surface area contributed by atoms with Crippen molar-refractivity contribution in [2.75, 3.05) is 25.5 Å². The van der Waals surface area contributed by atoms with Crippen LogP contribution < -0.4 is 10.2 Å². The fourth-order valence-corrected chi connectivity index (χ4v) is 2.50. The second-order valence-electron chi connectivity index (χ2n) is 5.83. The second-order valence-corrected chi connectivity index (χ2v) is 5.83. The summed E-state index contributed by atoms with van der Waals surface area (Å²) in [6, 6.07) is 17.9. The highest BCUT2D eigenvalue weighted by Crippen LogP contribution is 2.18. The van der Waals surface area contributed by atoms with E-state index in [2.05, 4.69) is 17.2 Å². The van der Waals surface area contributed by atoms with Gasteiger partial charge in [0.2, 0.25) is 5.91 Å². The fraction of sp³-hybridized carbons (Fsp3) is 0.286. The van der Waals surface area contributed by atoms with Crippen LogP contribution in [0.5, 0.6) is 0 Å². The van der Waals surface area contributed by atoms with Gasteiger partial charge in [-0.2, -0.15) is 0 Å². The van der Waals surface area contributed by atoms with Crippen LogP contribution in [-0.2, 0) is 4.79 Å². The van der Waals surface area contributed by atoms with Gasteiger partial charge in [-0.3, -0.25) is 4.79 Å². The third kappa shape index (κ3) is 4.89. The summed E-state index contributed by atoms with van der Waals surface area (Å²) in [5.41, 5.74) is 3.14. The monoisotopic (exact) mass is 320 g/mol. The lowest BCUT2D eigenvalue weighted by molar-refractivity contribution is -0.122. The number of benzene rings is 2. The molecule has 0 aliphatic rings. The first-order valence-corrected chi connectivity index (χ1v) is 8.20. The summed E-state index contributed by atoms with van der Waals surface area (Å²) < 4.78 is 0. The van der Waals surface area contributed by atoms with Gasteiger partial charge in [0.1, 0.15) is 0 Å². The number of nitrogens with one attached hydrogen (secondary N) is 1. The summed E-state index contributed by atoms with van der Waals surface area (Å²) in [4.78, 5) is 14.4. The van der Waals surface area contributed by atoms with Crippen LogP contribution in [0.25, 0.3) is 0 Å². The van der Waals surface area contributed by atoms with E-state index in [-0.39, 0.29) is 11.8 Å². The smallest absolute Gasteiger partial charge is 0.228 e. The van der Waals surface area contributed by atoms with Crippen molar-refractivity contribution in [3.05, 3.63) is 65.7 Å². The fourth-order valence-electron chi connectivity index (χ4n) is 2.50. The van der Waals surface area contributed by atoms with Gasteiger partial charge in [-0.25, -0.2) is 0 Å². The van der Waals surface area contributed by atoms with Crippen LogP contribution in [0.15, 0.2) is 54.6 Å². The first-order chi connectivity index (χ1) is 11.6. The lowest BCUT2D eigenvalue weighted by Crippen LogP contribution is -2.29. The average Bonchev–Trinajstić information content (AvgIpc) is 2.61. The van der Waals surface area contributed by atoms with Crippen LogP contribution in [0.2, 0.25) is 0 Å². The zero-order chi connectivity index (χ0) is 17.4. The van der Waals surface area contributed by atoms with Crippen molar-refractivity contribution in [3.8, 4) is 11.8 Å². The van der Waals surface area contributed by atoms with Crippen LogP contribution in [0.4, 0.5) is 5.69 Å². The minimum Gasteiger partial charge on any atom is -0.378 e. The van der Waals surface area contributed by atoms with Gasteiger partial charge in [-0.05, 0) is 36.2 Å². The molecule has 2 rings (SSSR count). The molecule has 1 N–H and O–H groups in total. The molecule has 2 aromatic carbocycles. The van der Waals surface area contributed by atoms with E-state index in [1.165, 1.54) is 0 Å². The van der Waals surface area contributed by atoms with E-state index in [1.54, 1.807) is 0 Å². The molecule has 0 bridgehead atoms. The van der Waals surface area contributed by atoms with Gasteiger partial charge in [0.15, 0.2) is 0 Å². The summed E-state index contributed by atoms with van der Waals surface area (Å²) in [5, 5.41) is 2.91. The maximum Gasteiger partial charge on any atom is 0.228 e. The minimum absolute atomic E-state index is 0.0287. The molecular weight excluding hydrogens is 296 g/mol. The van der Waals surface area contributed by atoms with Crippen molar-refractivity contribution >= 4 is 11.6 Å². The highest BCUT2D eigenvalue weighted by Gasteiger charge is 2.17. The van der Waals surface area contributed by atoms with Crippen molar-refractivity contribution in [1.82, 2.24) is 5.32 Å². The number of nitrogens with zero attached hydrogens (tertiary/aromatic N) is 1. The lowest BCUT2D eigenvalue weighted by Gasteiger charge is -2.14. The Morgan fingerprint density at radius 3 is 2.33 bits per heavy atom. The molecule has 3 heteroatoms. The Kier molecular flexibility index (Phi) is 6.45. The van der Waals surface area contributed by atoms with E-state index < -0.39 is 0 Å². The number of hydrogen-bond donors (Lipinski definition) is 1. The van der Waals surface area contributed by atoms with Crippen molar-refractivity contribution in [1.29, 1.82) is 0 Å². The Labute approximate surface area is 144 Å². The Hall–Kier alpha value is -2.73. The van der Waals surface area contributed by atoms with Crippen LogP contribution in [0, 0.1) is 11.8 Å². The number of carbonyl (C=O) groups is 1. The summed E-state index contributed by atoms with van der Waals surface area (Å²) in [5.74, 6) is 6.01. The Morgan fingerprint density at radius 1 is 1.08 bits per heavy atom. The molecule has 1 amide bonds. The molecule has 0 fully saturated rings. The van der Waals surface area contributed by atoms with Gasteiger partial charge < -0.3 is 10.2 Å². The Morgan fingerprint density at radius 2 is 1.75 bits per heavy atom. The molecule has 2 aromatic rings. The van der Waals surface area contributed by atoms with Crippen LogP contribution in [-0.4, -0.2) is 26.5 Å². The standard InChI is InChI=1S/C21H24N2O/c1-4-20(18-10-6-5-7-11-18)21(24)22-16-8-9-17-12-14-19(15-13-17)23(2)3/h5-7,10-15,20H,4,16H2,1-3H3,(H,22,24). The molecule has 0 aliphatic carbocycles. The molecule has 0 aromatic heterocycles. The zero-order valence-electron chi connectivity index (χ0n) is 14.5. The Bertz CT molecular complexity index is 709. The summed E-state index contributed by atoms with van der Waals surface area (Å²) >= 11 is 0. The van der Waals surface area contributed by atoms with Gasteiger partial charge in [-0.1, -0.05) is 49.1 Å². The van der Waals surface area contributed by atoms with E-state index in [9.17, 15) is 4.79 Å². The quantitative estimate of drug-likeness (QED) is 0.856. The van der Waals surface area contributed by atoms with E-state index in [1.807, 2.05) is 80.5 Å². The number of anilines is 1. The molecule has 1 atom stereocenters. The number of rotatable bonds is 5. The third-order valence-corrected chi connectivity index (χ3v) is 3.89. The SMILES string of the molecule is CCC(C(=O)NCC#Cc1ccc(N(C)C)cc1)c1ccccc1. The van der Waals surface area contributed by atoms with Gasteiger partial charge >= 0.3 is 0 Å². The van der Waals surface area contributed by atoms with E-state index in [0.29, 0.717) is 6.54 Å². The van der Waals surface area contributed by atoms with Crippen LogP contribution in [0.1, 0.15) is 30.4 Å². The van der Waals surface area contributed by atoms with Gasteiger partial charge in [0.25, 0.3) is 0 Å². The number of amides is 1. The highest BCUT2D eigenvalue weighted by molar-refractivity contribution is 5.83. The first-order valence-electron chi connectivity index (χ1n) is 8.20. The molecule has 1 unspecified atom stereocenters. The molecular formula is C21H24N2O. The predicted octanol–water partition coefficient (Wildman–Crippen LogP) is 3.41. The van der Waals surface area contributed by atoms with Crippen molar-refractivity contribution < 1.29 is 4.79 Å². The minimum atomic E-state index is -0.118. The van der Waals surface area contributed by atoms with Crippen molar-refractivity contribution in [3.63, 3.8) is 0 Å². The van der Waals surface area contributed by atoms with E-state index in [0.717, 1.165) is 23.2 Å². The summed E-state index contributed by atoms with van der Waals surface area (Å²) in [6.07, 6.45) is 0.773. The Balaban J connectivity index is 1.90. The second kappa shape index (κ2) is 8.79. The molecule has 0 saturated carbocycles.